The Kier molecular flexibility index (Phi) is 4.53. The van der Waals surface area contributed by atoms with Crippen molar-refractivity contribution >= 4 is 5.91 Å². The zero-order valence-electron chi connectivity index (χ0n) is 12.9. The number of benzene rings is 1. The smallest absolute Gasteiger partial charge is 0.237 e. The third-order valence-corrected chi connectivity index (χ3v) is 4.11. The number of nitrogens with zero attached hydrogens (tertiary/aromatic N) is 2. The quantitative estimate of drug-likeness (QED) is 0.887. The molecule has 1 atom stereocenters. The van der Waals surface area contributed by atoms with Crippen LogP contribution in [0, 0.1) is 0 Å². The Balaban J connectivity index is 1.61. The summed E-state index contributed by atoms with van der Waals surface area (Å²) in [7, 11) is 0. The molecule has 22 heavy (non-hydrogen) atoms. The van der Waals surface area contributed by atoms with Crippen molar-refractivity contribution in [2.75, 3.05) is 6.54 Å². The second kappa shape index (κ2) is 6.75. The summed E-state index contributed by atoms with van der Waals surface area (Å²) in [6, 6.07) is 10.3. The molecule has 3 rings (SSSR count). The first-order chi connectivity index (χ1) is 10.8. The highest BCUT2D eigenvalue weighted by Gasteiger charge is 2.21. The molecule has 1 aromatic carbocycles. The molecule has 2 N–H and O–H groups in total. The van der Waals surface area contributed by atoms with Gasteiger partial charge in [0, 0.05) is 19.3 Å². The normalized spacial score (nSPS) is 17.6. The molecule has 5 heteroatoms. The second-order valence-corrected chi connectivity index (χ2v) is 5.60. The molecule has 0 bridgehead atoms. The monoisotopic (exact) mass is 298 g/mol. The van der Waals surface area contributed by atoms with E-state index in [1.54, 1.807) is 0 Å². The van der Waals surface area contributed by atoms with Gasteiger partial charge < -0.3 is 10.6 Å². The molecular weight excluding hydrogens is 276 g/mol. The van der Waals surface area contributed by atoms with Gasteiger partial charge in [0.05, 0.1) is 11.7 Å². The summed E-state index contributed by atoms with van der Waals surface area (Å²) in [5.41, 5.74) is 3.37. The van der Waals surface area contributed by atoms with Crippen LogP contribution in [-0.2, 0) is 17.9 Å². The zero-order valence-corrected chi connectivity index (χ0v) is 12.9. The van der Waals surface area contributed by atoms with Crippen molar-refractivity contribution in [2.45, 2.75) is 38.9 Å². The summed E-state index contributed by atoms with van der Waals surface area (Å²) in [6.07, 6.45) is 3.84. The van der Waals surface area contributed by atoms with Gasteiger partial charge >= 0.3 is 0 Å². The SMILES string of the molecule is CCn1nccc1-c1ccc(CNC(=O)C2CCCN2)cc1. The molecule has 1 amide bonds. The molecule has 0 spiro atoms. The van der Waals surface area contributed by atoms with Crippen LogP contribution in [0.15, 0.2) is 36.5 Å². The van der Waals surface area contributed by atoms with Gasteiger partial charge in [-0.05, 0) is 43.5 Å². The molecule has 2 aromatic rings. The van der Waals surface area contributed by atoms with Crippen LogP contribution in [0.4, 0.5) is 0 Å². The molecule has 1 unspecified atom stereocenters. The molecule has 1 fully saturated rings. The Hall–Kier alpha value is -2.14. The maximum absolute atomic E-state index is 12.0. The van der Waals surface area contributed by atoms with Crippen LogP contribution in [0.25, 0.3) is 11.3 Å². The number of hydrogen-bond acceptors (Lipinski definition) is 3. The number of aromatic nitrogens is 2. The summed E-state index contributed by atoms with van der Waals surface area (Å²) >= 11 is 0. The Morgan fingerprint density at radius 2 is 2.18 bits per heavy atom. The van der Waals surface area contributed by atoms with Gasteiger partial charge in [-0.3, -0.25) is 9.48 Å². The Bertz CT molecular complexity index is 626. The van der Waals surface area contributed by atoms with Gasteiger partial charge in [-0.2, -0.15) is 5.10 Å². The third kappa shape index (κ3) is 3.20. The van der Waals surface area contributed by atoms with Crippen molar-refractivity contribution in [2.24, 2.45) is 0 Å². The maximum atomic E-state index is 12.0. The van der Waals surface area contributed by atoms with Crippen LogP contribution in [0.5, 0.6) is 0 Å². The van der Waals surface area contributed by atoms with E-state index in [0.29, 0.717) is 6.54 Å². The highest BCUT2D eigenvalue weighted by molar-refractivity contribution is 5.82. The van der Waals surface area contributed by atoms with Crippen molar-refractivity contribution in [3.63, 3.8) is 0 Å². The fraction of sp³-hybridized carbons (Fsp3) is 0.412. The molecular formula is C17H22N4O. The van der Waals surface area contributed by atoms with Crippen molar-refractivity contribution in [3.8, 4) is 11.3 Å². The highest BCUT2D eigenvalue weighted by atomic mass is 16.2. The van der Waals surface area contributed by atoms with E-state index < -0.39 is 0 Å². The Morgan fingerprint density at radius 3 is 2.86 bits per heavy atom. The molecule has 2 heterocycles. The van der Waals surface area contributed by atoms with E-state index >= 15 is 0 Å². The van der Waals surface area contributed by atoms with Crippen molar-refractivity contribution in [3.05, 3.63) is 42.1 Å². The summed E-state index contributed by atoms with van der Waals surface area (Å²) in [6.45, 7) is 4.45. The van der Waals surface area contributed by atoms with Crippen LogP contribution in [-0.4, -0.2) is 28.3 Å². The molecule has 0 saturated carbocycles. The van der Waals surface area contributed by atoms with Gasteiger partial charge in [-0.1, -0.05) is 24.3 Å². The predicted molar refractivity (Wildman–Crippen MR) is 86.2 cm³/mol. The van der Waals surface area contributed by atoms with E-state index in [-0.39, 0.29) is 11.9 Å². The first kappa shape index (κ1) is 14.8. The molecule has 1 aliphatic heterocycles. The van der Waals surface area contributed by atoms with Crippen molar-refractivity contribution < 1.29 is 4.79 Å². The lowest BCUT2D eigenvalue weighted by Crippen LogP contribution is -2.39. The van der Waals surface area contributed by atoms with Crippen LogP contribution < -0.4 is 10.6 Å². The maximum Gasteiger partial charge on any atom is 0.237 e. The van der Waals surface area contributed by atoms with Gasteiger partial charge in [0.15, 0.2) is 0 Å². The number of carbonyl (C=O) groups is 1. The Morgan fingerprint density at radius 1 is 1.36 bits per heavy atom. The number of aryl methyl sites for hydroxylation is 1. The number of rotatable bonds is 5. The fourth-order valence-electron chi connectivity index (χ4n) is 2.84. The standard InChI is InChI=1S/C17H22N4O/c1-2-21-16(9-11-20-21)14-7-5-13(6-8-14)12-19-17(22)15-4-3-10-18-15/h5-9,11,15,18H,2-4,10,12H2,1H3,(H,19,22). The predicted octanol–water partition coefficient (Wildman–Crippen LogP) is 1.94. The van der Waals surface area contributed by atoms with Crippen LogP contribution in [0.1, 0.15) is 25.3 Å². The van der Waals surface area contributed by atoms with E-state index in [0.717, 1.165) is 42.8 Å². The number of nitrogens with one attached hydrogen (secondary N) is 2. The van der Waals surface area contributed by atoms with E-state index in [1.807, 2.05) is 16.9 Å². The van der Waals surface area contributed by atoms with E-state index in [9.17, 15) is 4.79 Å². The van der Waals surface area contributed by atoms with Crippen molar-refractivity contribution in [1.29, 1.82) is 0 Å². The number of amides is 1. The molecule has 1 aliphatic rings. The molecule has 1 saturated heterocycles. The van der Waals surface area contributed by atoms with Crippen LogP contribution in [0.2, 0.25) is 0 Å². The molecule has 0 radical (unpaired) electrons. The fourth-order valence-corrected chi connectivity index (χ4v) is 2.84. The number of hydrogen-bond donors (Lipinski definition) is 2. The minimum Gasteiger partial charge on any atom is -0.351 e. The minimum absolute atomic E-state index is 0.0156. The van der Waals surface area contributed by atoms with Gasteiger partial charge in [-0.15, -0.1) is 0 Å². The molecule has 5 nitrogen and oxygen atoms in total. The first-order valence-electron chi connectivity index (χ1n) is 7.90. The summed E-state index contributed by atoms with van der Waals surface area (Å²) in [5, 5.41) is 10.5. The average molecular weight is 298 g/mol. The van der Waals surface area contributed by atoms with Gasteiger partial charge in [0.25, 0.3) is 0 Å². The van der Waals surface area contributed by atoms with Crippen molar-refractivity contribution in [1.82, 2.24) is 20.4 Å². The van der Waals surface area contributed by atoms with Crippen LogP contribution >= 0.6 is 0 Å². The minimum atomic E-state index is -0.0156. The highest BCUT2D eigenvalue weighted by Crippen LogP contribution is 2.19. The Labute approximate surface area is 130 Å². The molecule has 0 aliphatic carbocycles. The topological polar surface area (TPSA) is 59.0 Å². The first-order valence-corrected chi connectivity index (χ1v) is 7.90. The van der Waals surface area contributed by atoms with Gasteiger partial charge in [-0.25, -0.2) is 0 Å². The van der Waals surface area contributed by atoms with Crippen LogP contribution in [0.3, 0.4) is 0 Å². The van der Waals surface area contributed by atoms with Gasteiger partial charge in [0.2, 0.25) is 5.91 Å². The zero-order chi connectivity index (χ0) is 15.4. The summed E-state index contributed by atoms with van der Waals surface area (Å²) in [5.74, 6) is 0.102. The summed E-state index contributed by atoms with van der Waals surface area (Å²) < 4.78 is 1.97. The molecule has 1 aromatic heterocycles. The van der Waals surface area contributed by atoms with Gasteiger partial charge in [0.1, 0.15) is 0 Å². The molecule has 116 valence electrons. The van der Waals surface area contributed by atoms with E-state index in [2.05, 4.69) is 46.9 Å². The third-order valence-electron chi connectivity index (χ3n) is 4.11. The summed E-state index contributed by atoms with van der Waals surface area (Å²) in [4.78, 5) is 12.0. The lowest BCUT2D eigenvalue weighted by molar-refractivity contribution is -0.122. The van der Waals surface area contributed by atoms with E-state index in [1.165, 1.54) is 0 Å². The second-order valence-electron chi connectivity index (χ2n) is 5.60. The lowest BCUT2D eigenvalue weighted by atomic mass is 10.1. The lowest BCUT2D eigenvalue weighted by Gasteiger charge is -2.11. The number of carbonyl (C=O) groups excluding carboxylic acids is 1. The van der Waals surface area contributed by atoms with E-state index in [4.69, 9.17) is 0 Å². The average Bonchev–Trinajstić information content (AvgIpc) is 3.24. The largest absolute Gasteiger partial charge is 0.351 e.